The molecule has 0 spiro atoms. The highest BCUT2D eigenvalue weighted by Crippen LogP contribution is 2.48. The van der Waals surface area contributed by atoms with Gasteiger partial charge in [-0.05, 0) is 136 Å². The van der Waals surface area contributed by atoms with Gasteiger partial charge in [-0.2, -0.15) is 0 Å². The van der Waals surface area contributed by atoms with Gasteiger partial charge in [0.25, 0.3) is 6.71 Å². The molecule has 5 heterocycles. The highest BCUT2D eigenvalue weighted by molar-refractivity contribution is 6.95. The lowest BCUT2D eigenvalue weighted by Crippen LogP contribution is -2.55. The van der Waals surface area contributed by atoms with Crippen molar-refractivity contribution in [2.75, 3.05) is 9.80 Å². The summed E-state index contributed by atoms with van der Waals surface area (Å²) in [6.45, 7) is 6.35. The van der Waals surface area contributed by atoms with Gasteiger partial charge in [-0.15, -0.1) is 0 Å². The zero-order chi connectivity index (χ0) is 67.3. The molecule has 18 rings (SSSR count). The number of para-hydroxylation sites is 5. The van der Waals surface area contributed by atoms with Crippen molar-refractivity contribution < 1.29 is 0 Å². The molecule has 0 aliphatic carbocycles. The minimum atomic E-state index is -0.0372. The Kier molecular flexibility index (Phi) is 15.2. The summed E-state index contributed by atoms with van der Waals surface area (Å²) in [7, 11) is 0. The second kappa shape index (κ2) is 25.5. The summed E-state index contributed by atoms with van der Waals surface area (Å²) in [5, 5.41) is 2.09. The van der Waals surface area contributed by atoms with Crippen molar-refractivity contribution in [3.05, 3.63) is 364 Å². The molecule has 9 nitrogen and oxygen atoms in total. The first kappa shape index (κ1) is 60.0. The zero-order valence-electron chi connectivity index (χ0n) is 55.2. The van der Waals surface area contributed by atoms with Crippen molar-refractivity contribution in [3.8, 4) is 107 Å². The van der Waals surface area contributed by atoms with Crippen LogP contribution in [0.25, 0.3) is 129 Å². The number of allylic oxidation sites excluding steroid dienone is 5. The van der Waals surface area contributed by atoms with Gasteiger partial charge in [0.1, 0.15) is 0 Å². The third-order valence-electron chi connectivity index (χ3n) is 19.4. The smallest absolute Gasteiger partial charge is 0.251 e. The second-order valence-corrected chi connectivity index (χ2v) is 25.4. The van der Waals surface area contributed by atoms with Gasteiger partial charge < -0.3 is 14.4 Å². The standard InChI is InChI=1S/C91H62BN9/c1-3-4-49-77-60(2)99(71-42-19-9-20-43-71)82-58-70(59-83-84(82)92(77)78-50-24-26-52-81(78)100(83)72-44-21-10-22-45-72)67-40-27-38-65(55-67)66-39-28-41-68(56-66)73-47-29-48-75(91-97-88(63-34-15-7-16-35-63)94-89(98-91)64-36-17-8-18-37-64)85(73)101-79-51-25-23-46-74(79)76-57-69(53-54-80(76)101)90-95-86(61-30-11-5-12-31-61)93-87(96-90)62-32-13-6-14-33-62/h3-59H,1H2,2H3/b49-4-. The van der Waals surface area contributed by atoms with E-state index in [-0.39, 0.29) is 6.71 Å². The summed E-state index contributed by atoms with van der Waals surface area (Å²) in [6.07, 6.45) is 6.21. The molecule has 0 unspecified atom stereocenters. The van der Waals surface area contributed by atoms with E-state index in [2.05, 4.69) is 271 Å². The molecular formula is C91H62BN9. The molecule has 0 atom stereocenters. The van der Waals surface area contributed by atoms with Gasteiger partial charge >= 0.3 is 0 Å². The molecule has 0 radical (unpaired) electrons. The van der Waals surface area contributed by atoms with Gasteiger partial charge in [0.15, 0.2) is 34.9 Å². The minimum absolute atomic E-state index is 0.0372. The number of nitrogens with zero attached hydrogens (tertiary/aromatic N) is 9. The number of rotatable bonds is 14. The largest absolute Gasteiger partial charge is 0.315 e. The molecule has 474 valence electrons. The van der Waals surface area contributed by atoms with Crippen LogP contribution in [0.15, 0.2) is 364 Å². The van der Waals surface area contributed by atoms with Crippen molar-refractivity contribution in [1.29, 1.82) is 0 Å². The predicted molar refractivity (Wildman–Crippen MR) is 417 cm³/mol. The van der Waals surface area contributed by atoms with Crippen molar-refractivity contribution in [2.45, 2.75) is 6.92 Å². The normalized spacial score (nSPS) is 12.5. The fraction of sp³-hybridized carbons (Fsp3) is 0.0110. The quantitative estimate of drug-likeness (QED) is 0.0786. The van der Waals surface area contributed by atoms with Crippen molar-refractivity contribution in [1.82, 2.24) is 34.5 Å². The summed E-state index contributed by atoms with van der Waals surface area (Å²) in [4.78, 5) is 36.4. The predicted octanol–water partition coefficient (Wildman–Crippen LogP) is 21.3. The van der Waals surface area contributed by atoms with Crippen molar-refractivity contribution in [2.24, 2.45) is 0 Å². The molecule has 3 aromatic heterocycles. The number of anilines is 5. The van der Waals surface area contributed by atoms with Gasteiger partial charge in [0.2, 0.25) is 0 Å². The lowest BCUT2D eigenvalue weighted by Gasteiger charge is -2.44. The van der Waals surface area contributed by atoms with Gasteiger partial charge in [-0.3, -0.25) is 0 Å². The Bertz CT molecular complexity index is 5820. The van der Waals surface area contributed by atoms with Crippen LogP contribution in [0.5, 0.6) is 0 Å². The molecule has 0 bridgehead atoms. The van der Waals surface area contributed by atoms with E-state index in [4.69, 9.17) is 29.9 Å². The highest BCUT2D eigenvalue weighted by Gasteiger charge is 2.43. The highest BCUT2D eigenvalue weighted by atomic mass is 15.2. The van der Waals surface area contributed by atoms with Gasteiger partial charge in [-0.1, -0.05) is 267 Å². The molecule has 13 aromatic carbocycles. The maximum absolute atomic E-state index is 5.44. The Morgan fingerprint density at radius 1 is 0.317 bits per heavy atom. The fourth-order valence-corrected chi connectivity index (χ4v) is 14.8. The molecular weight excluding hydrogens is 1230 g/mol. The molecule has 0 amide bonds. The van der Waals surface area contributed by atoms with E-state index in [1.54, 1.807) is 0 Å². The van der Waals surface area contributed by atoms with Crippen LogP contribution in [-0.4, -0.2) is 41.2 Å². The Labute approximate surface area is 586 Å². The van der Waals surface area contributed by atoms with Crippen LogP contribution in [0.3, 0.4) is 0 Å². The van der Waals surface area contributed by atoms with Crippen LogP contribution in [0.4, 0.5) is 28.4 Å². The lowest BCUT2D eigenvalue weighted by atomic mass is 9.33. The molecule has 0 saturated heterocycles. The first-order valence-electron chi connectivity index (χ1n) is 34.1. The molecule has 0 saturated carbocycles. The molecule has 2 aliphatic rings. The maximum atomic E-state index is 5.44. The van der Waals surface area contributed by atoms with Gasteiger partial charge in [0, 0.05) is 83.9 Å². The van der Waals surface area contributed by atoms with E-state index in [1.165, 1.54) is 16.4 Å². The number of hydrogen-bond donors (Lipinski definition) is 0. The lowest BCUT2D eigenvalue weighted by molar-refractivity contribution is 1.06. The van der Waals surface area contributed by atoms with Gasteiger partial charge in [-0.25, -0.2) is 29.9 Å². The Morgan fingerprint density at radius 2 is 0.743 bits per heavy atom. The molecule has 10 heteroatoms. The van der Waals surface area contributed by atoms with E-state index < -0.39 is 0 Å². The van der Waals surface area contributed by atoms with E-state index in [1.807, 2.05) is 103 Å². The molecule has 16 aromatic rings. The summed E-state index contributed by atoms with van der Waals surface area (Å²) in [6, 6.07) is 116. The molecule has 101 heavy (non-hydrogen) atoms. The first-order chi connectivity index (χ1) is 50.0. The van der Waals surface area contributed by atoms with Crippen LogP contribution in [0.1, 0.15) is 6.92 Å². The first-order valence-corrected chi connectivity index (χ1v) is 34.1. The van der Waals surface area contributed by atoms with E-state index in [0.717, 1.165) is 128 Å². The molecule has 2 aliphatic heterocycles. The fourth-order valence-electron chi connectivity index (χ4n) is 14.8. The summed E-state index contributed by atoms with van der Waals surface area (Å²) in [5.41, 5.74) is 25.1. The van der Waals surface area contributed by atoms with Crippen LogP contribution in [-0.2, 0) is 0 Å². The van der Waals surface area contributed by atoms with Crippen LogP contribution in [0, 0.1) is 0 Å². The van der Waals surface area contributed by atoms with Gasteiger partial charge in [0.05, 0.1) is 16.7 Å². The number of aromatic nitrogens is 7. The van der Waals surface area contributed by atoms with Crippen LogP contribution in [0.2, 0.25) is 0 Å². The number of benzene rings is 13. The van der Waals surface area contributed by atoms with E-state index >= 15 is 0 Å². The zero-order valence-corrected chi connectivity index (χ0v) is 55.2. The summed E-state index contributed by atoms with van der Waals surface area (Å²) < 4.78 is 2.40. The topological polar surface area (TPSA) is 88.8 Å². The number of fused-ring (bicyclic) bond motifs is 5. The number of hydrogen-bond acceptors (Lipinski definition) is 8. The minimum Gasteiger partial charge on any atom is -0.315 e. The Balaban J connectivity index is 0.830. The monoisotopic (exact) mass is 1290 g/mol. The molecule has 0 N–H and O–H groups in total. The van der Waals surface area contributed by atoms with Crippen molar-refractivity contribution in [3.63, 3.8) is 0 Å². The molecule has 0 fully saturated rings. The Hall–Kier alpha value is -13.4. The average Bonchev–Trinajstić information content (AvgIpc) is 1.55. The Morgan fingerprint density at radius 3 is 1.32 bits per heavy atom. The summed E-state index contributed by atoms with van der Waals surface area (Å²) >= 11 is 0. The summed E-state index contributed by atoms with van der Waals surface area (Å²) in [5.74, 6) is 3.47. The van der Waals surface area contributed by atoms with Crippen molar-refractivity contribution >= 4 is 67.9 Å². The van der Waals surface area contributed by atoms with E-state index in [9.17, 15) is 0 Å². The third kappa shape index (κ3) is 10.8. The van der Waals surface area contributed by atoms with E-state index in [0.29, 0.717) is 34.9 Å². The van der Waals surface area contributed by atoms with Crippen LogP contribution < -0.4 is 20.7 Å². The average molecular weight is 1290 g/mol. The maximum Gasteiger partial charge on any atom is 0.251 e. The second-order valence-electron chi connectivity index (χ2n) is 25.4. The SMILES string of the molecule is C=C/C=C\C1=C(C)N(c2ccccc2)c2cc(-c3cccc(-c4cccc(-c5cccc(-c6nc(-c7ccccc7)nc(-c7ccccc7)n6)c5-n5c6ccccc6c6cc(-c7nc(-c8ccccc8)nc(-c8ccccc8)n7)ccc65)c4)c3)cc3c2B1c1ccccc1N3c1ccccc1. The van der Waals surface area contributed by atoms with Crippen LogP contribution >= 0.6 is 0 Å². The third-order valence-corrected chi connectivity index (χ3v) is 19.4.